The lowest BCUT2D eigenvalue weighted by Crippen LogP contribution is -2.33. The van der Waals surface area contributed by atoms with Crippen LogP contribution in [-0.4, -0.2) is 34.8 Å². The van der Waals surface area contributed by atoms with Crippen LogP contribution in [0.25, 0.3) is 22.3 Å². The second-order valence-electron chi connectivity index (χ2n) is 4.90. The Bertz CT molecular complexity index is 760. The number of rotatable bonds is 2. The Morgan fingerprint density at radius 1 is 1.19 bits per heavy atom. The van der Waals surface area contributed by atoms with Crippen LogP contribution in [-0.2, 0) is 4.74 Å². The molecule has 1 aliphatic heterocycles. The van der Waals surface area contributed by atoms with E-state index in [1.165, 1.54) is 0 Å². The van der Waals surface area contributed by atoms with E-state index in [0.29, 0.717) is 24.9 Å². The fraction of sp³-hybridized carbons (Fsp3) is 0.267. The molecule has 3 heterocycles. The number of benzene rings is 1. The predicted molar refractivity (Wildman–Crippen MR) is 76.6 cm³/mol. The molecule has 1 saturated heterocycles. The third-order valence-electron chi connectivity index (χ3n) is 3.53. The van der Waals surface area contributed by atoms with Crippen LogP contribution in [0.3, 0.4) is 0 Å². The number of nitrogens with zero attached hydrogens (tertiary/aromatic N) is 3. The molecule has 1 aromatic carbocycles. The molecule has 6 heteroatoms. The van der Waals surface area contributed by atoms with Gasteiger partial charge in [0.15, 0.2) is 0 Å². The van der Waals surface area contributed by atoms with Crippen LogP contribution in [0.15, 0.2) is 41.1 Å². The Morgan fingerprint density at radius 3 is 3.05 bits per heavy atom. The molecule has 0 radical (unpaired) electrons. The number of nitrogens with one attached hydrogen (secondary N) is 1. The first-order chi connectivity index (χ1) is 10.4. The summed E-state index contributed by atoms with van der Waals surface area (Å²) in [7, 11) is 0. The molecule has 0 amide bonds. The van der Waals surface area contributed by atoms with Crippen molar-refractivity contribution in [3.63, 3.8) is 0 Å². The second kappa shape index (κ2) is 5.23. The van der Waals surface area contributed by atoms with E-state index < -0.39 is 0 Å². The fourth-order valence-electron chi connectivity index (χ4n) is 2.48. The van der Waals surface area contributed by atoms with Gasteiger partial charge in [-0.15, -0.1) is 0 Å². The summed E-state index contributed by atoms with van der Waals surface area (Å²) in [6.45, 7) is 2.18. The van der Waals surface area contributed by atoms with Crippen LogP contribution in [0.4, 0.5) is 0 Å². The third-order valence-corrected chi connectivity index (χ3v) is 3.53. The molecule has 1 unspecified atom stereocenters. The number of pyridine rings is 1. The Labute approximate surface area is 121 Å². The summed E-state index contributed by atoms with van der Waals surface area (Å²) in [5.41, 5.74) is 0.729. The van der Waals surface area contributed by atoms with E-state index in [-0.39, 0.29) is 6.10 Å². The van der Waals surface area contributed by atoms with Crippen molar-refractivity contribution in [2.45, 2.75) is 6.10 Å². The molecule has 1 N–H and O–H groups in total. The number of fused-ring (bicyclic) bond motifs is 1. The van der Waals surface area contributed by atoms with Crippen molar-refractivity contribution >= 4 is 10.8 Å². The van der Waals surface area contributed by atoms with Crippen molar-refractivity contribution in [3.05, 3.63) is 42.4 Å². The smallest absolute Gasteiger partial charge is 0.257 e. The van der Waals surface area contributed by atoms with E-state index in [2.05, 4.69) is 20.4 Å². The van der Waals surface area contributed by atoms with Crippen molar-refractivity contribution in [3.8, 4) is 11.5 Å². The first-order valence-corrected chi connectivity index (χ1v) is 6.92. The van der Waals surface area contributed by atoms with Gasteiger partial charge in [0.1, 0.15) is 11.8 Å². The average molecular weight is 282 g/mol. The van der Waals surface area contributed by atoms with Crippen LogP contribution < -0.4 is 5.32 Å². The molecule has 0 bridgehead atoms. The molecule has 106 valence electrons. The predicted octanol–water partition coefficient (Wildman–Crippen LogP) is 1.95. The summed E-state index contributed by atoms with van der Waals surface area (Å²) in [6.07, 6.45) is 1.57. The zero-order chi connectivity index (χ0) is 14.1. The molecule has 1 aliphatic rings. The van der Waals surface area contributed by atoms with Gasteiger partial charge in [-0.2, -0.15) is 4.98 Å². The maximum absolute atomic E-state index is 5.62. The standard InChI is InChI=1S/C15H14N4O2/c1-2-4-11-10(3-1)5-6-17-13(11)14-18-15(21-19-14)12-9-16-7-8-20-12/h1-6,12,16H,7-9H2. The normalized spacial score (nSPS) is 19.0. The molecule has 1 atom stereocenters. The van der Waals surface area contributed by atoms with Crippen LogP contribution in [0.1, 0.15) is 12.0 Å². The highest BCUT2D eigenvalue weighted by atomic mass is 16.5. The van der Waals surface area contributed by atoms with Crippen molar-refractivity contribution in [1.29, 1.82) is 0 Å². The van der Waals surface area contributed by atoms with Crippen molar-refractivity contribution in [2.24, 2.45) is 0 Å². The molecule has 1 fully saturated rings. The minimum absolute atomic E-state index is 0.185. The van der Waals surface area contributed by atoms with Crippen LogP contribution in [0.5, 0.6) is 0 Å². The maximum atomic E-state index is 5.62. The first kappa shape index (κ1) is 12.4. The number of hydrogen-bond donors (Lipinski definition) is 1. The average Bonchev–Trinajstić information content (AvgIpc) is 3.05. The molecule has 3 aromatic rings. The molecular weight excluding hydrogens is 268 g/mol. The van der Waals surface area contributed by atoms with Gasteiger partial charge in [-0.05, 0) is 11.5 Å². The van der Waals surface area contributed by atoms with Crippen molar-refractivity contribution in [1.82, 2.24) is 20.4 Å². The zero-order valence-corrected chi connectivity index (χ0v) is 11.3. The van der Waals surface area contributed by atoms with E-state index in [1.807, 2.05) is 30.3 Å². The lowest BCUT2D eigenvalue weighted by Gasteiger charge is -2.19. The van der Waals surface area contributed by atoms with Crippen LogP contribution in [0, 0.1) is 0 Å². The molecule has 4 rings (SSSR count). The van der Waals surface area contributed by atoms with Gasteiger partial charge in [-0.3, -0.25) is 4.98 Å². The van der Waals surface area contributed by atoms with Gasteiger partial charge in [-0.1, -0.05) is 29.4 Å². The van der Waals surface area contributed by atoms with E-state index in [0.717, 1.165) is 23.0 Å². The molecule has 0 saturated carbocycles. The van der Waals surface area contributed by atoms with Gasteiger partial charge in [0, 0.05) is 24.7 Å². The SMILES string of the molecule is c1ccc2c(-c3noc(C4CNCCO4)n3)nccc2c1. The summed E-state index contributed by atoms with van der Waals surface area (Å²) in [6, 6.07) is 9.98. The lowest BCUT2D eigenvalue weighted by molar-refractivity contribution is 0.00755. The highest BCUT2D eigenvalue weighted by molar-refractivity contribution is 5.92. The number of aromatic nitrogens is 3. The summed E-state index contributed by atoms with van der Waals surface area (Å²) in [5, 5.41) is 9.41. The van der Waals surface area contributed by atoms with Gasteiger partial charge >= 0.3 is 0 Å². The van der Waals surface area contributed by atoms with E-state index >= 15 is 0 Å². The quantitative estimate of drug-likeness (QED) is 0.774. The molecule has 6 nitrogen and oxygen atoms in total. The number of ether oxygens (including phenoxy) is 1. The van der Waals surface area contributed by atoms with Crippen LogP contribution in [0.2, 0.25) is 0 Å². The topological polar surface area (TPSA) is 73.1 Å². The summed E-state index contributed by atoms with van der Waals surface area (Å²) < 4.78 is 11.0. The largest absolute Gasteiger partial charge is 0.366 e. The monoisotopic (exact) mass is 282 g/mol. The molecular formula is C15H14N4O2. The van der Waals surface area contributed by atoms with Gasteiger partial charge in [0.25, 0.3) is 5.89 Å². The van der Waals surface area contributed by atoms with Crippen LogP contribution >= 0.6 is 0 Å². The lowest BCUT2D eigenvalue weighted by atomic mass is 10.1. The zero-order valence-electron chi connectivity index (χ0n) is 11.3. The van der Waals surface area contributed by atoms with Gasteiger partial charge in [-0.25, -0.2) is 0 Å². The Kier molecular flexibility index (Phi) is 3.10. The second-order valence-corrected chi connectivity index (χ2v) is 4.90. The van der Waals surface area contributed by atoms with Gasteiger partial charge in [0.05, 0.1) is 6.61 Å². The minimum atomic E-state index is -0.185. The van der Waals surface area contributed by atoms with E-state index in [9.17, 15) is 0 Å². The van der Waals surface area contributed by atoms with E-state index in [1.54, 1.807) is 6.20 Å². The molecule has 0 aliphatic carbocycles. The number of morpholine rings is 1. The molecule has 21 heavy (non-hydrogen) atoms. The van der Waals surface area contributed by atoms with Gasteiger partial charge in [0.2, 0.25) is 5.82 Å². The molecule has 0 spiro atoms. The summed E-state index contributed by atoms with van der Waals surface area (Å²) in [5.74, 6) is 0.989. The van der Waals surface area contributed by atoms with Crippen molar-refractivity contribution in [2.75, 3.05) is 19.7 Å². The molecule has 2 aromatic heterocycles. The van der Waals surface area contributed by atoms with Gasteiger partial charge < -0.3 is 14.6 Å². The fourth-order valence-corrected chi connectivity index (χ4v) is 2.48. The Morgan fingerprint density at radius 2 is 2.14 bits per heavy atom. The van der Waals surface area contributed by atoms with E-state index in [4.69, 9.17) is 9.26 Å². The highest BCUT2D eigenvalue weighted by Gasteiger charge is 2.23. The number of hydrogen-bond acceptors (Lipinski definition) is 6. The maximum Gasteiger partial charge on any atom is 0.257 e. The Balaban J connectivity index is 1.74. The van der Waals surface area contributed by atoms with Crippen molar-refractivity contribution < 1.29 is 9.26 Å². The summed E-state index contributed by atoms with van der Waals surface area (Å²) >= 11 is 0. The summed E-state index contributed by atoms with van der Waals surface area (Å²) in [4.78, 5) is 8.84. The highest BCUT2D eigenvalue weighted by Crippen LogP contribution is 2.26. The third kappa shape index (κ3) is 2.28. The Hall–Kier alpha value is -2.31. The minimum Gasteiger partial charge on any atom is -0.366 e. The first-order valence-electron chi connectivity index (χ1n) is 6.92.